The lowest BCUT2D eigenvalue weighted by Crippen LogP contribution is -2.18. The van der Waals surface area contributed by atoms with E-state index in [-0.39, 0.29) is 0 Å². The molecule has 0 aliphatic carbocycles. The molecule has 0 fully saturated rings. The monoisotopic (exact) mass is 285 g/mol. The molecule has 0 heterocycles. The Morgan fingerprint density at radius 1 is 1.00 bits per heavy atom. The fraction of sp³-hybridized carbons (Fsp3) is 0.333. The van der Waals surface area contributed by atoms with Crippen LogP contribution in [0.15, 0.2) is 42.5 Å². The molecule has 0 spiro atoms. The Morgan fingerprint density at radius 2 is 1.76 bits per heavy atom. The summed E-state index contributed by atoms with van der Waals surface area (Å²) in [7, 11) is 3.31. The Hall–Kier alpha value is -2.00. The van der Waals surface area contributed by atoms with Crippen molar-refractivity contribution in [3.8, 4) is 11.5 Å². The van der Waals surface area contributed by atoms with E-state index in [9.17, 15) is 0 Å². The number of aryl methyl sites for hydroxylation is 1. The van der Waals surface area contributed by atoms with E-state index in [0.29, 0.717) is 6.04 Å². The topological polar surface area (TPSA) is 30.5 Å². The molecule has 0 aliphatic heterocycles. The number of rotatable bonds is 6. The van der Waals surface area contributed by atoms with Crippen molar-refractivity contribution in [1.29, 1.82) is 0 Å². The molecule has 0 saturated heterocycles. The second-order valence-corrected chi connectivity index (χ2v) is 5.21. The zero-order valence-electron chi connectivity index (χ0n) is 13.1. The summed E-state index contributed by atoms with van der Waals surface area (Å²) in [5, 5.41) is 3.53. The summed E-state index contributed by atoms with van der Waals surface area (Å²) in [4.78, 5) is 0. The number of hydrogen-bond acceptors (Lipinski definition) is 3. The average molecular weight is 285 g/mol. The average Bonchev–Trinajstić information content (AvgIpc) is 2.52. The highest BCUT2D eigenvalue weighted by molar-refractivity contribution is 5.42. The second-order valence-electron chi connectivity index (χ2n) is 5.21. The summed E-state index contributed by atoms with van der Waals surface area (Å²) < 4.78 is 10.6. The van der Waals surface area contributed by atoms with E-state index in [1.807, 2.05) is 12.1 Å². The van der Waals surface area contributed by atoms with Gasteiger partial charge in [0.05, 0.1) is 14.2 Å². The number of hydrogen-bond donors (Lipinski definition) is 1. The minimum absolute atomic E-state index is 0.304. The maximum atomic E-state index is 5.33. The molecule has 2 aromatic rings. The van der Waals surface area contributed by atoms with Gasteiger partial charge in [0.25, 0.3) is 0 Å². The van der Waals surface area contributed by atoms with Crippen molar-refractivity contribution >= 4 is 0 Å². The first-order valence-corrected chi connectivity index (χ1v) is 7.15. The maximum Gasteiger partial charge on any atom is 0.161 e. The summed E-state index contributed by atoms with van der Waals surface area (Å²) in [6.45, 7) is 5.08. The van der Waals surface area contributed by atoms with Crippen LogP contribution in [-0.2, 0) is 6.54 Å². The Balaban J connectivity index is 2.02. The highest BCUT2D eigenvalue weighted by atomic mass is 16.5. The van der Waals surface area contributed by atoms with Gasteiger partial charge in [0.1, 0.15) is 0 Å². The standard InChI is InChI=1S/C18H23NO2/c1-13-6-5-7-16(10-13)14(2)19-12-15-8-9-17(20-3)18(11-15)21-4/h5-11,14,19H,12H2,1-4H3/t14-/m0/s1. The highest BCUT2D eigenvalue weighted by Gasteiger charge is 2.07. The molecule has 0 aliphatic rings. The van der Waals surface area contributed by atoms with Gasteiger partial charge in [0.2, 0.25) is 0 Å². The number of ether oxygens (including phenoxy) is 2. The third-order valence-corrected chi connectivity index (χ3v) is 3.60. The van der Waals surface area contributed by atoms with Gasteiger partial charge in [-0.1, -0.05) is 35.9 Å². The third kappa shape index (κ3) is 3.99. The molecule has 0 saturated carbocycles. The van der Waals surface area contributed by atoms with Crippen LogP contribution in [0, 0.1) is 6.92 Å². The summed E-state index contributed by atoms with van der Waals surface area (Å²) >= 11 is 0. The highest BCUT2D eigenvalue weighted by Crippen LogP contribution is 2.27. The van der Waals surface area contributed by atoms with E-state index >= 15 is 0 Å². The quantitative estimate of drug-likeness (QED) is 0.874. The minimum atomic E-state index is 0.304. The van der Waals surface area contributed by atoms with E-state index in [1.165, 1.54) is 16.7 Å². The van der Waals surface area contributed by atoms with Gasteiger partial charge >= 0.3 is 0 Å². The van der Waals surface area contributed by atoms with Crippen LogP contribution in [0.4, 0.5) is 0 Å². The van der Waals surface area contributed by atoms with Crippen molar-refractivity contribution in [2.45, 2.75) is 26.4 Å². The Labute approximate surface area is 126 Å². The van der Waals surface area contributed by atoms with Crippen molar-refractivity contribution in [2.75, 3.05) is 14.2 Å². The van der Waals surface area contributed by atoms with Gasteiger partial charge in [-0.25, -0.2) is 0 Å². The molecule has 3 nitrogen and oxygen atoms in total. The molecule has 3 heteroatoms. The van der Waals surface area contributed by atoms with Gasteiger partial charge in [-0.2, -0.15) is 0 Å². The zero-order valence-corrected chi connectivity index (χ0v) is 13.1. The molecular weight excluding hydrogens is 262 g/mol. The van der Waals surface area contributed by atoms with Crippen LogP contribution in [-0.4, -0.2) is 14.2 Å². The minimum Gasteiger partial charge on any atom is -0.493 e. The van der Waals surface area contributed by atoms with Crippen molar-refractivity contribution in [2.24, 2.45) is 0 Å². The van der Waals surface area contributed by atoms with Gasteiger partial charge in [-0.05, 0) is 37.1 Å². The van der Waals surface area contributed by atoms with Crippen LogP contribution in [0.2, 0.25) is 0 Å². The van der Waals surface area contributed by atoms with E-state index in [0.717, 1.165) is 18.0 Å². The summed E-state index contributed by atoms with van der Waals surface area (Å²) in [5.41, 5.74) is 3.76. The zero-order chi connectivity index (χ0) is 15.2. The predicted octanol–water partition coefficient (Wildman–Crippen LogP) is 3.86. The Kier molecular flexibility index (Phi) is 5.23. The largest absolute Gasteiger partial charge is 0.493 e. The van der Waals surface area contributed by atoms with Crippen molar-refractivity contribution in [3.63, 3.8) is 0 Å². The van der Waals surface area contributed by atoms with E-state index in [2.05, 4.69) is 49.5 Å². The molecule has 0 aromatic heterocycles. The first-order chi connectivity index (χ1) is 10.1. The number of nitrogens with one attached hydrogen (secondary N) is 1. The molecule has 2 aromatic carbocycles. The maximum absolute atomic E-state index is 5.33. The van der Waals surface area contributed by atoms with Crippen LogP contribution < -0.4 is 14.8 Å². The summed E-state index contributed by atoms with van der Waals surface area (Å²) in [5.74, 6) is 1.52. The van der Waals surface area contributed by atoms with E-state index < -0.39 is 0 Å². The fourth-order valence-corrected chi connectivity index (χ4v) is 2.32. The lowest BCUT2D eigenvalue weighted by molar-refractivity contribution is 0.354. The molecule has 0 radical (unpaired) electrons. The normalized spacial score (nSPS) is 12.0. The molecule has 1 atom stereocenters. The molecule has 2 rings (SSSR count). The second kappa shape index (κ2) is 7.14. The lowest BCUT2D eigenvalue weighted by atomic mass is 10.1. The molecule has 0 unspecified atom stereocenters. The van der Waals surface area contributed by atoms with Crippen LogP contribution in [0.5, 0.6) is 11.5 Å². The van der Waals surface area contributed by atoms with Gasteiger partial charge in [-0.3, -0.25) is 0 Å². The van der Waals surface area contributed by atoms with Gasteiger partial charge < -0.3 is 14.8 Å². The predicted molar refractivity (Wildman–Crippen MR) is 86.0 cm³/mol. The fourth-order valence-electron chi connectivity index (χ4n) is 2.32. The third-order valence-electron chi connectivity index (χ3n) is 3.60. The SMILES string of the molecule is COc1ccc(CN[C@@H](C)c2cccc(C)c2)cc1OC. The molecule has 1 N–H and O–H groups in total. The van der Waals surface area contributed by atoms with Gasteiger partial charge in [-0.15, -0.1) is 0 Å². The van der Waals surface area contributed by atoms with Crippen LogP contribution >= 0.6 is 0 Å². The van der Waals surface area contributed by atoms with Gasteiger partial charge in [0.15, 0.2) is 11.5 Å². The molecular formula is C18H23NO2. The Bertz CT molecular complexity index is 596. The first kappa shape index (κ1) is 15.4. The van der Waals surface area contributed by atoms with Crippen molar-refractivity contribution in [1.82, 2.24) is 5.32 Å². The number of benzene rings is 2. The molecule has 112 valence electrons. The molecule has 21 heavy (non-hydrogen) atoms. The molecule has 0 bridgehead atoms. The van der Waals surface area contributed by atoms with E-state index in [1.54, 1.807) is 14.2 Å². The van der Waals surface area contributed by atoms with E-state index in [4.69, 9.17) is 9.47 Å². The van der Waals surface area contributed by atoms with Crippen LogP contribution in [0.25, 0.3) is 0 Å². The Morgan fingerprint density at radius 3 is 2.43 bits per heavy atom. The van der Waals surface area contributed by atoms with Crippen LogP contribution in [0.1, 0.15) is 29.7 Å². The summed E-state index contributed by atoms with van der Waals surface area (Å²) in [6.07, 6.45) is 0. The summed E-state index contributed by atoms with van der Waals surface area (Å²) in [6, 6.07) is 14.9. The van der Waals surface area contributed by atoms with Crippen molar-refractivity contribution < 1.29 is 9.47 Å². The first-order valence-electron chi connectivity index (χ1n) is 7.15. The number of methoxy groups -OCH3 is 2. The van der Waals surface area contributed by atoms with Crippen LogP contribution in [0.3, 0.4) is 0 Å². The van der Waals surface area contributed by atoms with Crippen molar-refractivity contribution in [3.05, 3.63) is 59.2 Å². The van der Waals surface area contributed by atoms with Gasteiger partial charge in [0, 0.05) is 12.6 Å². The lowest BCUT2D eigenvalue weighted by Gasteiger charge is -2.16. The smallest absolute Gasteiger partial charge is 0.161 e. The molecule has 0 amide bonds.